The van der Waals surface area contributed by atoms with Crippen LogP contribution in [-0.4, -0.2) is 34.1 Å². The number of fused-ring (bicyclic) bond motifs is 1. The van der Waals surface area contributed by atoms with Crippen LogP contribution < -0.4 is 10.6 Å². The maximum absolute atomic E-state index is 14.4. The Kier molecular flexibility index (Phi) is 5.56. The fourth-order valence-corrected chi connectivity index (χ4v) is 3.33. The zero-order chi connectivity index (χ0) is 20.1. The van der Waals surface area contributed by atoms with E-state index in [1.54, 1.807) is 36.4 Å². The van der Waals surface area contributed by atoms with Crippen LogP contribution in [0.5, 0.6) is 0 Å². The van der Waals surface area contributed by atoms with E-state index < -0.39 is 0 Å². The Bertz CT molecular complexity index is 1110. The van der Waals surface area contributed by atoms with Crippen LogP contribution >= 0.6 is 0 Å². The van der Waals surface area contributed by atoms with Gasteiger partial charge in [-0.05, 0) is 35.7 Å². The summed E-state index contributed by atoms with van der Waals surface area (Å²) in [5, 5.41) is 7.78. The van der Waals surface area contributed by atoms with Crippen molar-refractivity contribution in [2.75, 3.05) is 13.6 Å². The number of nitrogens with one attached hydrogen (secondary N) is 3. The van der Waals surface area contributed by atoms with E-state index in [0.717, 1.165) is 24.0 Å². The summed E-state index contributed by atoms with van der Waals surface area (Å²) >= 11 is 0. The van der Waals surface area contributed by atoms with Crippen molar-refractivity contribution < 1.29 is 4.39 Å². The van der Waals surface area contributed by atoms with Crippen LogP contribution in [0.25, 0.3) is 16.6 Å². The number of aromatic nitrogens is 3. The predicted molar refractivity (Wildman–Crippen MR) is 114 cm³/mol. The number of H-pyrrole nitrogens is 1. The molecular weight excluding hydrogens is 367 g/mol. The van der Waals surface area contributed by atoms with E-state index in [1.165, 1.54) is 17.0 Å². The molecule has 4 rings (SSSR count). The lowest BCUT2D eigenvalue weighted by molar-refractivity contribution is 0.615. The first kappa shape index (κ1) is 18.7. The average molecular weight is 390 g/mol. The van der Waals surface area contributed by atoms with Crippen LogP contribution in [0, 0.1) is 5.82 Å². The van der Waals surface area contributed by atoms with Crippen molar-refractivity contribution >= 4 is 16.9 Å². The number of halogens is 1. The lowest BCUT2D eigenvalue weighted by Crippen LogP contribution is -2.37. The summed E-state index contributed by atoms with van der Waals surface area (Å²) in [5.74, 6) is 0.397. The smallest absolute Gasteiger partial charge is 0.191 e. The van der Waals surface area contributed by atoms with E-state index in [2.05, 4.69) is 37.7 Å². The Morgan fingerprint density at radius 3 is 2.90 bits per heavy atom. The number of para-hydroxylation sites is 1. The third kappa shape index (κ3) is 4.29. The molecule has 2 aromatic heterocycles. The van der Waals surface area contributed by atoms with Gasteiger partial charge in [0.05, 0.1) is 12.0 Å². The SMILES string of the molecule is CN=C(NCCc1c[nH]c2ccccc12)NCc1ccc(-n2ccnc2)c(F)c1. The maximum atomic E-state index is 14.4. The first-order chi connectivity index (χ1) is 14.2. The number of rotatable bonds is 6. The highest BCUT2D eigenvalue weighted by molar-refractivity contribution is 5.83. The molecule has 0 atom stereocenters. The average Bonchev–Trinajstić information content (AvgIpc) is 3.41. The predicted octanol–water partition coefficient (Wildman–Crippen LogP) is 3.40. The van der Waals surface area contributed by atoms with Crippen LogP contribution in [0.3, 0.4) is 0 Å². The van der Waals surface area contributed by atoms with Gasteiger partial charge in [-0.25, -0.2) is 9.37 Å². The van der Waals surface area contributed by atoms with Crippen LogP contribution in [0.1, 0.15) is 11.1 Å². The largest absolute Gasteiger partial charge is 0.361 e. The molecule has 0 radical (unpaired) electrons. The van der Waals surface area contributed by atoms with E-state index in [4.69, 9.17) is 0 Å². The van der Waals surface area contributed by atoms with Gasteiger partial charge in [-0.1, -0.05) is 24.3 Å². The monoisotopic (exact) mass is 390 g/mol. The Morgan fingerprint density at radius 1 is 1.21 bits per heavy atom. The van der Waals surface area contributed by atoms with Crippen LogP contribution in [-0.2, 0) is 13.0 Å². The Hall–Kier alpha value is -3.61. The van der Waals surface area contributed by atoms with E-state index in [9.17, 15) is 4.39 Å². The van der Waals surface area contributed by atoms with Crippen molar-refractivity contribution in [1.29, 1.82) is 0 Å². The van der Waals surface area contributed by atoms with Gasteiger partial charge in [-0.3, -0.25) is 4.99 Å². The van der Waals surface area contributed by atoms with Gasteiger partial charge >= 0.3 is 0 Å². The van der Waals surface area contributed by atoms with Gasteiger partial charge in [-0.2, -0.15) is 0 Å². The Balaban J connectivity index is 1.31. The summed E-state index contributed by atoms with van der Waals surface area (Å²) in [6.07, 6.45) is 7.85. The first-order valence-electron chi connectivity index (χ1n) is 9.51. The lowest BCUT2D eigenvalue weighted by Gasteiger charge is -2.12. The molecule has 7 heteroatoms. The molecule has 6 nitrogen and oxygen atoms in total. The fraction of sp³-hybridized carbons (Fsp3) is 0.182. The van der Waals surface area contributed by atoms with Crippen molar-refractivity contribution in [1.82, 2.24) is 25.2 Å². The molecule has 0 aliphatic rings. The van der Waals surface area contributed by atoms with Crippen molar-refractivity contribution in [2.45, 2.75) is 13.0 Å². The number of imidazole rings is 1. The second-order valence-corrected chi connectivity index (χ2v) is 6.72. The summed E-state index contributed by atoms with van der Waals surface area (Å²) in [6, 6.07) is 13.4. The Labute approximate surface area is 168 Å². The summed E-state index contributed by atoms with van der Waals surface area (Å²) in [5.41, 5.74) is 3.73. The molecule has 0 unspecified atom stereocenters. The number of aliphatic imine (C=N–C) groups is 1. The standard InChI is InChI=1S/C22H23FN6/c1-24-22(26-9-8-17-14-27-20-5-3-2-4-18(17)20)28-13-16-6-7-21(19(23)12-16)29-11-10-25-15-29/h2-7,10-12,14-15,27H,8-9,13H2,1H3,(H2,24,26,28). The molecule has 0 aliphatic carbocycles. The van der Waals surface area contributed by atoms with Crippen LogP contribution in [0.4, 0.5) is 4.39 Å². The van der Waals surface area contributed by atoms with Gasteiger partial charge in [0.15, 0.2) is 5.96 Å². The number of aromatic amines is 1. The molecule has 0 amide bonds. The second kappa shape index (κ2) is 8.60. The molecule has 0 aliphatic heterocycles. The summed E-state index contributed by atoms with van der Waals surface area (Å²) in [4.78, 5) is 11.5. The summed E-state index contributed by atoms with van der Waals surface area (Å²) in [6.45, 7) is 1.23. The minimum absolute atomic E-state index is 0.287. The fourth-order valence-electron chi connectivity index (χ4n) is 3.33. The minimum atomic E-state index is -0.287. The zero-order valence-electron chi connectivity index (χ0n) is 16.2. The van der Waals surface area contributed by atoms with Gasteiger partial charge in [0.25, 0.3) is 0 Å². The molecule has 0 fully saturated rings. The number of hydrogen-bond donors (Lipinski definition) is 3. The second-order valence-electron chi connectivity index (χ2n) is 6.72. The quantitative estimate of drug-likeness (QED) is 0.349. The van der Waals surface area contributed by atoms with Crippen LogP contribution in [0.2, 0.25) is 0 Å². The molecule has 3 N–H and O–H groups in total. The molecule has 2 aromatic carbocycles. The van der Waals surface area contributed by atoms with E-state index in [-0.39, 0.29) is 5.82 Å². The number of hydrogen-bond acceptors (Lipinski definition) is 2. The van der Waals surface area contributed by atoms with Gasteiger partial charge in [0, 0.05) is 49.6 Å². The topological polar surface area (TPSA) is 70.0 Å². The van der Waals surface area contributed by atoms with E-state index >= 15 is 0 Å². The molecule has 29 heavy (non-hydrogen) atoms. The third-order valence-electron chi connectivity index (χ3n) is 4.84. The van der Waals surface area contributed by atoms with Crippen molar-refractivity contribution in [3.05, 3.63) is 84.3 Å². The van der Waals surface area contributed by atoms with E-state index in [0.29, 0.717) is 18.2 Å². The number of benzene rings is 2. The third-order valence-corrected chi connectivity index (χ3v) is 4.84. The molecular formula is C22H23FN6. The summed E-state index contributed by atoms with van der Waals surface area (Å²) in [7, 11) is 1.73. The highest BCUT2D eigenvalue weighted by atomic mass is 19.1. The maximum Gasteiger partial charge on any atom is 0.191 e. The Morgan fingerprint density at radius 2 is 2.10 bits per heavy atom. The van der Waals surface area contributed by atoms with Crippen molar-refractivity contribution in [2.24, 2.45) is 4.99 Å². The summed E-state index contributed by atoms with van der Waals surface area (Å²) < 4.78 is 16.0. The number of guanidine groups is 1. The molecule has 0 bridgehead atoms. The van der Waals surface area contributed by atoms with Gasteiger partial charge in [-0.15, -0.1) is 0 Å². The van der Waals surface area contributed by atoms with Gasteiger partial charge in [0.2, 0.25) is 0 Å². The molecule has 148 valence electrons. The molecule has 4 aromatic rings. The molecule has 0 saturated heterocycles. The van der Waals surface area contributed by atoms with Crippen LogP contribution in [0.15, 0.2) is 72.4 Å². The van der Waals surface area contributed by atoms with Crippen molar-refractivity contribution in [3.63, 3.8) is 0 Å². The normalized spacial score (nSPS) is 11.7. The molecule has 0 spiro atoms. The zero-order valence-corrected chi connectivity index (χ0v) is 16.2. The highest BCUT2D eigenvalue weighted by Gasteiger charge is 2.07. The van der Waals surface area contributed by atoms with Crippen molar-refractivity contribution in [3.8, 4) is 5.69 Å². The lowest BCUT2D eigenvalue weighted by atomic mass is 10.1. The first-order valence-corrected chi connectivity index (χ1v) is 9.51. The number of nitrogens with zero attached hydrogens (tertiary/aromatic N) is 3. The molecule has 0 saturated carbocycles. The molecule has 2 heterocycles. The van der Waals surface area contributed by atoms with E-state index in [1.807, 2.05) is 24.4 Å². The minimum Gasteiger partial charge on any atom is -0.361 e. The van der Waals surface area contributed by atoms with Gasteiger partial charge in [0.1, 0.15) is 5.82 Å². The highest BCUT2D eigenvalue weighted by Crippen LogP contribution is 2.18. The van der Waals surface area contributed by atoms with Gasteiger partial charge < -0.3 is 20.2 Å².